The van der Waals surface area contributed by atoms with Crippen molar-refractivity contribution in [2.75, 3.05) is 11.4 Å². The van der Waals surface area contributed by atoms with Crippen molar-refractivity contribution in [3.63, 3.8) is 0 Å². The van der Waals surface area contributed by atoms with Crippen LogP contribution in [0.1, 0.15) is 16.8 Å². The minimum atomic E-state index is -0.570. The molecule has 6 nitrogen and oxygen atoms in total. The Morgan fingerprint density at radius 2 is 1.78 bits per heavy atom. The molecule has 1 atom stereocenters. The molecule has 1 saturated heterocycles. The molecule has 3 rings (SSSR count). The number of hydrazine groups is 1. The number of nitrogens with one attached hydrogen (secondary N) is 2. The molecule has 9 heteroatoms. The van der Waals surface area contributed by atoms with Gasteiger partial charge in [0.15, 0.2) is 0 Å². The molecule has 140 valence electrons. The van der Waals surface area contributed by atoms with Crippen LogP contribution in [0.3, 0.4) is 0 Å². The molecule has 0 bridgehead atoms. The zero-order chi connectivity index (χ0) is 19.6. The van der Waals surface area contributed by atoms with Crippen LogP contribution in [0, 0.1) is 5.92 Å². The Kier molecular flexibility index (Phi) is 6.04. The Balaban J connectivity index is 1.59. The fourth-order valence-electron chi connectivity index (χ4n) is 2.72. The topological polar surface area (TPSA) is 78.5 Å². The number of rotatable bonds is 3. The highest BCUT2D eigenvalue weighted by molar-refractivity contribution is 9.10. The van der Waals surface area contributed by atoms with Crippen molar-refractivity contribution < 1.29 is 14.4 Å². The average molecular weight is 471 g/mol. The van der Waals surface area contributed by atoms with E-state index in [4.69, 9.17) is 23.2 Å². The molecular formula is C18H14BrCl2N3O3. The van der Waals surface area contributed by atoms with Gasteiger partial charge in [0.2, 0.25) is 11.8 Å². The predicted octanol–water partition coefficient (Wildman–Crippen LogP) is 3.57. The van der Waals surface area contributed by atoms with Crippen LogP contribution >= 0.6 is 39.1 Å². The van der Waals surface area contributed by atoms with Crippen LogP contribution in [0.15, 0.2) is 46.9 Å². The molecule has 1 heterocycles. The summed E-state index contributed by atoms with van der Waals surface area (Å²) in [4.78, 5) is 38.3. The van der Waals surface area contributed by atoms with Gasteiger partial charge >= 0.3 is 0 Å². The maximum absolute atomic E-state index is 12.3. The van der Waals surface area contributed by atoms with Crippen molar-refractivity contribution in [1.82, 2.24) is 10.9 Å². The summed E-state index contributed by atoms with van der Waals surface area (Å²) in [6, 6.07) is 11.7. The van der Waals surface area contributed by atoms with Gasteiger partial charge in [0.05, 0.1) is 16.5 Å². The lowest BCUT2D eigenvalue weighted by Gasteiger charge is -2.17. The number of carbonyl (C=O) groups is 3. The molecule has 27 heavy (non-hydrogen) atoms. The zero-order valence-electron chi connectivity index (χ0n) is 13.8. The standard InChI is InChI=1S/C18H14BrCl2N3O3/c19-11-1-4-13(5-2-11)24-9-10(7-16(24)25)17(26)22-23-18(27)14-6-3-12(20)8-15(14)21/h1-6,8,10H,7,9H2,(H,22,26)(H,23,27)/t10-/m0/s1. The molecular weight excluding hydrogens is 457 g/mol. The number of nitrogens with zero attached hydrogens (tertiary/aromatic N) is 1. The van der Waals surface area contributed by atoms with Gasteiger partial charge in [0, 0.05) is 28.1 Å². The molecule has 1 fully saturated rings. The summed E-state index contributed by atoms with van der Waals surface area (Å²) in [7, 11) is 0. The van der Waals surface area contributed by atoms with Gasteiger partial charge in [-0.3, -0.25) is 25.2 Å². The molecule has 0 aromatic heterocycles. The molecule has 0 unspecified atom stereocenters. The second-order valence-electron chi connectivity index (χ2n) is 5.95. The van der Waals surface area contributed by atoms with Crippen LogP contribution in [0.4, 0.5) is 5.69 Å². The van der Waals surface area contributed by atoms with E-state index in [1.807, 2.05) is 12.1 Å². The van der Waals surface area contributed by atoms with E-state index in [0.717, 1.165) is 10.2 Å². The maximum Gasteiger partial charge on any atom is 0.271 e. The van der Waals surface area contributed by atoms with Crippen molar-refractivity contribution in [3.8, 4) is 0 Å². The summed E-state index contributed by atoms with van der Waals surface area (Å²) in [5.41, 5.74) is 5.56. The highest BCUT2D eigenvalue weighted by atomic mass is 79.9. The van der Waals surface area contributed by atoms with E-state index in [2.05, 4.69) is 26.8 Å². The van der Waals surface area contributed by atoms with Gasteiger partial charge < -0.3 is 4.90 Å². The van der Waals surface area contributed by atoms with Crippen molar-refractivity contribution in [1.29, 1.82) is 0 Å². The first-order chi connectivity index (χ1) is 12.8. The number of hydrogen-bond donors (Lipinski definition) is 2. The molecule has 0 saturated carbocycles. The molecule has 1 aliphatic heterocycles. The Hall–Kier alpha value is -2.09. The van der Waals surface area contributed by atoms with Gasteiger partial charge in [0.25, 0.3) is 5.91 Å². The summed E-state index contributed by atoms with van der Waals surface area (Å²) in [6.45, 7) is 0.240. The number of hydrogen-bond acceptors (Lipinski definition) is 3. The molecule has 0 aliphatic carbocycles. The smallest absolute Gasteiger partial charge is 0.271 e. The van der Waals surface area contributed by atoms with Crippen molar-refractivity contribution in [2.24, 2.45) is 5.92 Å². The van der Waals surface area contributed by atoms with Gasteiger partial charge in [-0.2, -0.15) is 0 Å². The van der Waals surface area contributed by atoms with Crippen molar-refractivity contribution in [2.45, 2.75) is 6.42 Å². The van der Waals surface area contributed by atoms with E-state index < -0.39 is 17.7 Å². The Morgan fingerprint density at radius 1 is 1.07 bits per heavy atom. The SMILES string of the molecule is O=C(NNC(=O)[C@H]1CC(=O)N(c2ccc(Br)cc2)C1)c1ccc(Cl)cc1Cl. The lowest BCUT2D eigenvalue weighted by molar-refractivity contribution is -0.126. The van der Waals surface area contributed by atoms with E-state index >= 15 is 0 Å². The summed E-state index contributed by atoms with van der Waals surface area (Å²) in [5, 5.41) is 0.574. The van der Waals surface area contributed by atoms with Gasteiger partial charge in [-0.25, -0.2) is 0 Å². The molecule has 1 aliphatic rings. The number of benzene rings is 2. The Bertz CT molecular complexity index is 905. The first-order valence-corrected chi connectivity index (χ1v) is 9.51. The lowest BCUT2D eigenvalue weighted by Crippen LogP contribution is -2.45. The lowest BCUT2D eigenvalue weighted by atomic mass is 10.1. The van der Waals surface area contributed by atoms with E-state index in [0.29, 0.717) is 5.02 Å². The first kappa shape index (κ1) is 19.7. The summed E-state index contributed by atoms with van der Waals surface area (Å²) >= 11 is 15.1. The van der Waals surface area contributed by atoms with E-state index in [-0.39, 0.29) is 29.5 Å². The molecule has 0 spiro atoms. The quantitative estimate of drug-likeness (QED) is 0.673. The average Bonchev–Trinajstić information content (AvgIpc) is 3.02. The van der Waals surface area contributed by atoms with Crippen LogP contribution in [0.5, 0.6) is 0 Å². The number of carbonyl (C=O) groups excluding carboxylic acids is 3. The second-order valence-corrected chi connectivity index (χ2v) is 7.71. The monoisotopic (exact) mass is 469 g/mol. The second kappa shape index (κ2) is 8.29. The minimum absolute atomic E-state index is 0.0689. The van der Waals surface area contributed by atoms with Gasteiger partial charge in [-0.1, -0.05) is 39.1 Å². The van der Waals surface area contributed by atoms with Gasteiger partial charge in [-0.05, 0) is 42.5 Å². The molecule has 2 aromatic carbocycles. The van der Waals surface area contributed by atoms with E-state index in [1.165, 1.54) is 18.2 Å². The minimum Gasteiger partial charge on any atom is -0.312 e. The molecule has 2 aromatic rings. The third-order valence-corrected chi connectivity index (χ3v) is 5.19. The van der Waals surface area contributed by atoms with E-state index in [9.17, 15) is 14.4 Å². The molecule has 0 radical (unpaired) electrons. The molecule has 2 N–H and O–H groups in total. The highest BCUT2D eigenvalue weighted by Gasteiger charge is 2.35. The normalized spacial score (nSPS) is 16.3. The van der Waals surface area contributed by atoms with Crippen molar-refractivity contribution in [3.05, 3.63) is 62.5 Å². The van der Waals surface area contributed by atoms with E-state index in [1.54, 1.807) is 17.0 Å². The number of amides is 3. The van der Waals surface area contributed by atoms with Crippen LogP contribution in [-0.4, -0.2) is 24.3 Å². The maximum atomic E-state index is 12.3. The Morgan fingerprint density at radius 3 is 2.44 bits per heavy atom. The summed E-state index contributed by atoms with van der Waals surface area (Å²) < 4.78 is 0.899. The predicted molar refractivity (Wildman–Crippen MR) is 107 cm³/mol. The third-order valence-electron chi connectivity index (χ3n) is 4.11. The summed E-state index contributed by atoms with van der Waals surface area (Å²) in [5.74, 6) is -1.73. The van der Waals surface area contributed by atoms with Crippen molar-refractivity contribution >= 4 is 62.5 Å². The zero-order valence-corrected chi connectivity index (χ0v) is 16.9. The third kappa shape index (κ3) is 4.61. The Labute approximate surface area is 173 Å². The van der Waals surface area contributed by atoms with Gasteiger partial charge in [-0.15, -0.1) is 0 Å². The largest absolute Gasteiger partial charge is 0.312 e. The highest BCUT2D eigenvalue weighted by Crippen LogP contribution is 2.26. The first-order valence-electron chi connectivity index (χ1n) is 7.96. The fraction of sp³-hybridized carbons (Fsp3) is 0.167. The molecule has 3 amide bonds. The number of anilines is 1. The van der Waals surface area contributed by atoms with Crippen LogP contribution in [0.2, 0.25) is 10.0 Å². The van der Waals surface area contributed by atoms with Crippen LogP contribution in [0.25, 0.3) is 0 Å². The van der Waals surface area contributed by atoms with Gasteiger partial charge in [0.1, 0.15) is 0 Å². The number of halogens is 3. The fourth-order valence-corrected chi connectivity index (χ4v) is 3.47. The van der Waals surface area contributed by atoms with Crippen LogP contribution in [-0.2, 0) is 9.59 Å². The summed E-state index contributed by atoms with van der Waals surface area (Å²) in [6.07, 6.45) is 0.0689. The van der Waals surface area contributed by atoms with Crippen LogP contribution < -0.4 is 15.8 Å².